The number of hydrogen-bond acceptors (Lipinski definition) is 3. The van der Waals surface area contributed by atoms with Gasteiger partial charge in [-0.15, -0.1) is 17.9 Å². The van der Waals surface area contributed by atoms with Crippen LogP contribution in [-0.2, 0) is 6.42 Å². The zero-order chi connectivity index (χ0) is 26.0. The molecule has 1 aliphatic rings. The lowest BCUT2D eigenvalue weighted by atomic mass is 9.64. The van der Waals surface area contributed by atoms with Crippen molar-refractivity contribution in [3.8, 4) is 16.9 Å². The molecule has 0 atom stereocenters. The van der Waals surface area contributed by atoms with Crippen molar-refractivity contribution < 1.29 is 9.13 Å². The Labute approximate surface area is 219 Å². The molecule has 0 saturated heterocycles. The van der Waals surface area contributed by atoms with Crippen molar-refractivity contribution in [2.24, 2.45) is 5.41 Å². The minimum atomic E-state index is -0.295. The first-order valence-corrected chi connectivity index (χ1v) is 13.5. The summed E-state index contributed by atoms with van der Waals surface area (Å²) in [5, 5.41) is 3.74. The quantitative estimate of drug-likeness (QED) is 0.279. The number of hydrogen-bond donors (Lipinski definition) is 1. The largest absolute Gasteiger partial charge is 0.497 e. The van der Waals surface area contributed by atoms with Gasteiger partial charge in [-0.05, 0) is 92.7 Å². The first-order chi connectivity index (χ1) is 17.1. The van der Waals surface area contributed by atoms with E-state index in [1.807, 2.05) is 17.4 Å². The number of halogens is 1. The zero-order valence-corrected chi connectivity index (χ0v) is 23.1. The van der Waals surface area contributed by atoms with Crippen LogP contribution in [-0.4, -0.2) is 13.2 Å². The number of rotatable bonds is 10. The van der Waals surface area contributed by atoms with Crippen molar-refractivity contribution in [1.29, 1.82) is 0 Å². The van der Waals surface area contributed by atoms with E-state index in [0.717, 1.165) is 29.7 Å². The molecule has 4 rings (SSSR count). The van der Waals surface area contributed by atoms with Crippen molar-refractivity contribution in [1.82, 2.24) is 5.32 Å². The average molecular weight is 504 g/mol. The second-order valence-electron chi connectivity index (χ2n) is 10.8. The molecular weight excluding hydrogens is 465 g/mol. The monoisotopic (exact) mass is 503 g/mol. The molecule has 1 fully saturated rings. The van der Waals surface area contributed by atoms with Gasteiger partial charge in [-0.3, -0.25) is 0 Å². The van der Waals surface area contributed by atoms with E-state index in [-0.39, 0.29) is 5.82 Å². The van der Waals surface area contributed by atoms with Crippen LogP contribution >= 0.6 is 11.3 Å². The summed E-state index contributed by atoms with van der Waals surface area (Å²) in [7, 11) is 1.56. The molecule has 3 aromatic rings. The predicted octanol–water partition coefficient (Wildman–Crippen LogP) is 8.86. The smallest absolute Gasteiger partial charge is 0.127 e. The molecule has 0 unspecified atom stereocenters. The van der Waals surface area contributed by atoms with Crippen LogP contribution in [0.2, 0.25) is 0 Å². The maximum atomic E-state index is 14.0. The number of thiophene rings is 1. The lowest BCUT2D eigenvalue weighted by Crippen LogP contribution is -2.46. The molecule has 4 heteroatoms. The van der Waals surface area contributed by atoms with Crippen LogP contribution in [0.5, 0.6) is 5.75 Å². The SMILES string of the molecule is C=C(C)CCC1(C)CC(NC(=C)c2c(C)sc(C)c2Cc2ccc(-c3cc(F)cc(OC)c3)cc2)C1. The molecule has 2 nitrogen and oxygen atoms in total. The number of benzene rings is 2. The van der Waals surface area contributed by atoms with Crippen LogP contribution in [0, 0.1) is 25.1 Å². The number of nitrogens with one attached hydrogen (secondary N) is 1. The third kappa shape index (κ3) is 5.92. The minimum absolute atomic E-state index is 0.295. The van der Waals surface area contributed by atoms with E-state index in [1.165, 1.54) is 57.3 Å². The van der Waals surface area contributed by atoms with E-state index >= 15 is 0 Å². The van der Waals surface area contributed by atoms with Crippen molar-refractivity contribution in [2.45, 2.75) is 65.8 Å². The highest BCUT2D eigenvalue weighted by atomic mass is 32.1. The molecular formula is C32H38FNOS. The summed E-state index contributed by atoms with van der Waals surface area (Å²) in [6.07, 6.45) is 5.54. The molecule has 0 aliphatic heterocycles. The molecule has 0 bridgehead atoms. The Bertz CT molecular complexity index is 1260. The van der Waals surface area contributed by atoms with Gasteiger partial charge in [-0.1, -0.05) is 43.3 Å². The van der Waals surface area contributed by atoms with Crippen LogP contribution in [0.1, 0.15) is 66.0 Å². The highest BCUT2D eigenvalue weighted by molar-refractivity contribution is 7.12. The van der Waals surface area contributed by atoms with Gasteiger partial charge in [0.05, 0.1) is 7.11 Å². The van der Waals surface area contributed by atoms with Crippen LogP contribution in [0.3, 0.4) is 0 Å². The second kappa shape index (κ2) is 10.6. The Morgan fingerprint density at radius 2 is 1.78 bits per heavy atom. The Hall–Kier alpha value is -2.85. The minimum Gasteiger partial charge on any atom is -0.497 e. The van der Waals surface area contributed by atoms with Crippen LogP contribution in [0.15, 0.2) is 61.2 Å². The molecule has 1 heterocycles. The molecule has 1 saturated carbocycles. The summed E-state index contributed by atoms with van der Waals surface area (Å²) in [6.45, 7) is 17.4. The molecule has 0 amide bonds. The van der Waals surface area contributed by atoms with E-state index in [2.05, 4.69) is 70.4 Å². The standard InChI is InChI=1S/C32H38FNOS/c1-20(2)12-13-32(6)18-28(19-32)34-21(3)31-23(5)36-22(4)30(31)14-24-8-10-25(11-9-24)26-15-27(33)17-29(16-26)35-7/h8-11,15-17,28,34H,1,3,12-14,18-19H2,2,4-7H3. The third-order valence-corrected chi connectivity index (χ3v) is 8.54. The van der Waals surface area contributed by atoms with Gasteiger partial charge in [-0.25, -0.2) is 4.39 Å². The molecule has 2 aromatic carbocycles. The number of methoxy groups -OCH3 is 1. The summed E-state index contributed by atoms with van der Waals surface area (Å²) < 4.78 is 19.2. The average Bonchev–Trinajstić information content (AvgIpc) is 3.09. The molecule has 1 aromatic heterocycles. The zero-order valence-electron chi connectivity index (χ0n) is 22.3. The van der Waals surface area contributed by atoms with Crippen molar-refractivity contribution in [3.05, 3.63) is 93.5 Å². The van der Waals surface area contributed by atoms with Gasteiger partial charge < -0.3 is 10.1 Å². The van der Waals surface area contributed by atoms with Gasteiger partial charge in [0.15, 0.2) is 0 Å². The summed E-state index contributed by atoms with van der Waals surface area (Å²) >= 11 is 1.85. The van der Waals surface area contributed by atoms with Gasteiger partial charge in [0.1, 0.15) is 11.6 Å². The summed E-state index contributed by atoms with van der Waals surface area (Å²) in [6, 6.07) is 13.7. The topological polar surface area (TPSA) is 21.3 Å². The van der Waals surface area contributed by atoms with Gasteiger partial charge >= 0.3 is 0 Å². The fourth-order valence-corrected chi connectivity index (χ4v) is 6.58. The maximum absolute atomic E-state index is 14.0. The van der Waals surface area contributed by atoms with E-state index in [4.69, 9.17) is 4.74 Å². The highest BCUT2D eigenvalue weighted by Gasteiger charge is 2.40. The summed E-state index contributed by atoms with van der Waals surface area (Å²) in [4.78, 5) is 2.65. The van der Waals surface area contributed by atoms with Crippen LogP contribution in [0.4, 0.5) is 4.39 Å². The van der Waals surface area contributed by atoms with Gasteiger partial charge in [0.2, 0.25) is 0 Å². The van der Waals surface area contributed by atoms with E-state index in [1.54, 1.807) is 13.2 Å². The molecule has 1 aliphatic carbocycles. The maximum Gasteiger partial charge on any atom is 0.127 e. The van der Waals surface area contributed by atoms with Gasteiger partial charge in [-0.2, -0.15) is 0 Å². The first kappa shape index (κ1) is 26.2. The van der Waals surface area contributed by atoms with E-state index < -0.39 is 0 Å². The fourth-order valence-electron chi connectivity index (χ4n) is 5.47. The first-order valence-electron chi connectivity index (χ1n) is 12.7. The van der Waals surface area contributed by atoms with E-state index in [9.17, 15) is 4.39 Å². The molecule has 1 N–H and O–H groups in total. The molecule has 36 heavy (non-hydrogen) atoms. The van der Waals surface area contributed by atoms with Crippen molar-refractivity contribution >= 4 is 17.0 Å². The molecule has 0 spiro atoms. The van der Waals surface area contributed by atoms with Crippen molar-refractivity contribution in [3.63, 3.8) is 0 Å². The number of ether oxygens (including phenoxy) is 1. The molecule has 190 valence electrons. The van der Waals surface area contributed by atoms with E-state index in [0.29, 0.717) is 17.2 Å². The Morgan fingerprint density at radius 3 is 2.42 bits per heavy atom. The number of aryl methyl sites for hydroxylation is 2. The lowest BCUT2D eigenvalue weighted by Gasteiger charge is -2.46. The van der Waals surface area contributed by atoms with Crippen LogP contribution < -0.4 is 10.1 Å². The second-order valence-corrected chi connectivity index (χ2v) is 12.2. The van der Waals surface area contributed by atoms with Crippen LogP contribution in [0.25, 0.3) is 16.8 Å². The Kier molecular flexibility index (Phi) is 7.75. The Morgan fingerprint density at radius 1 is 1.08 bits per heavy atom. The van der Waals surface area contributed by atoms with Gasteiger partial charge in [0, 0.05) is 33.1 Å². The summed E-state index contributed by atoms with van der Waals surface area (Å²) in [5.41, 5.74) is 8.36. The normalized spacial score (nSPS) is 19.0. The predicted molar refractivity (Wildman–Crippen MR) is 152 cm³/mol. The number of allylic oxidation sites excluding steroid dienone is 1. The third-order valence-electron chi connectivity index (χ3n) is 7.47. The summed E-state index contributed by atoms with van der Waals surface area (Å²) in [5.74, 6) is 0.229. The highest BCUT2D eigenvalue weighted by Crippen LogP contribution is 2.46. The Balaban J connectivity index is 1.46. The van der Waals surface area contributed by atoms with Gasteiger partial charge in [0.25, 0.3) is 0 Å². The molecule has 0 radical (unpaired) electrons. The lowest BCUT2D eigenvalue weighted by molar-refractivity contribution is 0.103. The fraction of sp³-hybridized carbons (Fsp3) is 0.375. The van der Waals surface area contributed by atoms with Crippen molar-refractivity contribution in [2.75, 3.05) is 7.11 Å².